The lowest BCUT2D eigenvalue weighted by molar-refractivity contribution is -0.121. The molecule has 0 atom stereocenters. The minimum Gasteiger partial charge on any atom is -0.379 e. The molecule has 1 fully saturated rings. The van der Waals surface area contributed by atoms with Crippen molar-refractivity contribution < 1.29 is 9.53 Å². The summed E-state index contributed by atoms with van der Waals surface area (Å²) in [4.78, 5) is 26.1. The van der Waals surface area contributed by atoms with Crippen LogP contribution < -0.4 is 10.7 Å². The monoisotopic (exact) mass is 316 g/mol. The minimum atomic E-state index is -0.135. The number of hydrogen-bond acceptors (Lipinski definition) is 5. The number of carbonyl (C=O) groups is 1. The van der Waals surface area contributed by atoms with Crippen LogP contribution in [0.3, 0.4) is 0 Å². The van der Waals surface area contributed by atoms with Crippen LogP contribution in [0.1, 0.15) is 0 Å². The molecule has 0 radical (unpaired) electrons. The first-order valence-electron chi connectivity index (χ1n) is 7.76. The summed E-state index contributed by atoms with van der Waals surface area (Å²) in [6.45, 7) is 4.82. The SMILES string of the molecule is O=C(Cn1ncc(=O)c2ccccc21)NCCN1CCOCC1. The van der Waals surface area contributed by atoms with Crippen molar-refractivity contribution in [2.45, 2.75) is 6.54 Å². The van der Waals surface area contributed by atoms with Gasteiger partial charge in [0.25, 0.3) is 0 Å². The number of nitrogens with zero attached hydrogens (tertiary/aromatic N) is 3. The number of ether oxygens (including phenoxy) is 1. The molecule has 0 bridgehead atoms. The Hall–Kier alpha value is -2.25. The van der Waals surface area contributed by atoms with E-state index in [2.05, 4.69) is 15.3 Å². The Bertz CT molecular complexity index is 737. The van der Waals surface area contributed by atoms with Crippen molar-refractivity contribution in [2.75, 3.05) is 39.4 Å². The van der Waals surface area contributed by atoms with E-state index >= 15 is 0 Å². The molecule has 0 spiro atoms. The highest BCUT2D eigenvalue weighted by atomic mass is 16.5. The van der Waals surface area contributed by atoms with Crippen LogP contribution in [-0.2, 0) is 16.1 Å². The lowest BCUT2D eigenvalue weighted by atomic mass is 10.2. The van der Waals surface area contributed by atoms with Crippen LogP contribution in [0.15, 0.2) is 35.3 Å². The molecule has 0 saturated carbocycles. The van der Waals surface area contributed by atoms with Gasteiger partial charge in [0.15, 0.2) is 0 Å². The first kappa shape index (κ1) is 15.6. The van der Waals surface area contributed by atoms with E-state index in [0.29, 0.717) is 17.4 Å². The molecule has 2 heterocycles. The maximum atomic E-state index is 12.1. The highest BCUT2D eigenvalue weighted by Gasteiger charge is 2.11. The van der Waals surface area contributed by atoms with Gasteiger partial charge in [0.05, 0.1) is 24.9 Å². The molecule has 1 aromatic carbocycles. The molecule has 122 valence electrons. The summed E-state index contributed by atoms with van der Waals surface area (Å²) in [6.07, 6.45) is 1.25. The van der Waals surface area contributed by atoms with Gasteiger partial charge in [-0.25, -0.2) is 0 Å². The quantitative estimate of drug-likeness (QED) is 0.830. The summed E-state index contributed by atoms with van der Waals surface area (Å²) in [5, 5.41) is 7.53. The Kier molecular flexibility index (Phi) is 4.99. The van der Waals surface area contributed by atoms with E-state index in [1.165, 1.54) is 6.20 Å². The molecule has 1 saturated heterocycles. The normalized spacial score (nSPS) is 15.7. The summed E-state index contributed by atoms with van der Waals surface area (Å²) in [5.74, 6) is -0.112. The van der Waals surface area contributed by atoms with Crippen LogP contribution in [0.4, 0.5) is 0 Å². The van der Waals surface area contributed by atoms with Gasteiger partial charge in [-0.05, 0) is 12.1 Å². The van der Waals surface area contributed by atoms with E-state index < -0.39 is 0 Å². The zero-order valence-electron chi connectivity index (χ0n) is 12.9. The molecule has 1 N–H and O–H groups in total. The maximum Gasteiger partial charge on any atom is 0.241 e. The van der Waals surface area contributed by atoms with Gasteiger partial charge < -0.3 is 10.1 Å². The fourth-order valence-corrected chi connectivity index (χ4v) is 2.66. The molecule has 1 aliphatic heterocycles. The lowest BCUT2D eigenvalue weighted by Gasteiger charge is -2.26. The summed E-state index contributed by atoms with van der Waals surface area (Å²) in [5.41, 5.74) is 0.535. The van der Waals surface area contributed by atoms with Gasteiger partial charge in [-0.2, -0.15) is 5.10 Å². The fourth-order valence-electron chi connectivity index (χ4n) is 2.66. The number of fused-ring (bicyclic) bond motifs is 1. The van der Waals surface area contributed by atoms with Crippen LogP contribution >= 0.6 is 0 Å². The van der Waals surface area contributed by atoms with Crippen LogP contribution in [0, 0.1) is 0 Å². The number of benzene rings is 1. The summed E-state index contributed by atoms with van der Waals surface area (Å²) in [6, 6.07) is 7.17. The lowest BCUT2D eigenvalue weighted by Crippen LogP contribution is -2.42. The van der Waals surface area contributed by atoms with Gasteiger partial charge in [0.1, 0.15) is 6.54 Å². The Balaban J connectivity index is 1.57. The number of carbonyl (C=O) groups excluding carboxylic acids is 1. The van der Waals surface area contributed by atoms with Crippen molar-refractivity contribution >= 4 is 16.8 Å². The van der Waals surface area contributed by atoms with E-state index in [-0.39, 0.29) is 17.9 Å². The first-order valence-corrected chi connectivity index (χ1v) is 7.76. The third-order valence-corrected chi connectivity index (χ3v) is 3.91. The summed E-state index contributed by atoms with van der Waals surface area (Å²) < 4.78 is 6.85. The van der Waals surface area contributed by atoms with Crippen molar-refractivity contribution in [3.8, 4) is 0 Å². The van der Waals surface area contributed by atoms with Gasteiger partial charge >= 0.3 is 0 Å². The van der Waals surface area contributed by atoms with E-state index in [1.54, 1.807) is 22.9 Å². The predicted octanol–water partition coefficient (Wildman–Crippen LogP) is -0.155. The number of nitrogens with one attached hydrogen (secondary N) is 1. The molecule has 1 aliphatic rings. The van der Waals surface area contributed by atoms with E-state index in [9.17, 15) is 9.59 Å². The van der Waals surface area contributed by atoms with Gasteiger partial charge in [-0.1, -0.05) is 12.1 Å². The number of morpholine rings is 1. The van der Waals surface area contributed by atoms with E-state index in [4.69, 9.17) is 4.74 Å². The second-order valence-electron chi connectivity index (χ2n) is 5.49. The highest BCUT2D eigenvalue weighted by molar-refractivity contribution is 5.81. The molecule has 2 aromatic rings. The van der Waals surface area contributed by atoms with Gasteiger partial charge in [0.2, 0.25) is 11.3 Å². The zero-order valence-corrected chi connectivity index (χ0v) is 12.9. The van der Waals surface area contributed by atoms with Crippen molar-refractivity contribution in [1.29, 1.82) is 0 Å². The molecular weight excluding hydrogens is 296 g/mol. The average Bonchev–Trinajstić information content (AvgIpc) is 2.59. The van der Waals surface area contributed by atoms with Crippen molar-refractivity contribution in [2.24, 2.45) is 0 Å². The van der Waals surface area contributed by atoms with Crippen LogP contribution in [0.2, 0.25) is 0 Å². The van der Waals surface area contributed by atoms with Gasteiger partial charge in [-0.15, -0.1) is 0 Å². The summed E-state index contributed by atoms with van der Waals surface area (Å²) in [7, 11) is 0. The van der Waals surface area contributed by atoms with Crippen LogP contribution in [0.25, 0.3) is 10.9 Å². The third-order valence-electron chi connectivity index (χ3n) is 3.91. The smallest absolute Gasteiger partial charge is 0.241 e. The molecule has 3 rings (SSSR count). The zero-order chi connectivity index (χ0) is 16.1. The van der Waals surface area contributed by atoms with E-state index in [1.807, 2.05) is 6.07 Å². The Morgan fingerprint density at radius 2 is 2.04 bits per heavy atom. The number of aromatic nitrogens is 2. The molecule has 7 nitrogen and oxygen atoms in total. The molecule has 0 unspecified atom stereocenters. The molecule has 23 heavy (non-hydrogen) atoms. The molecule has 1 amide bonds. The topological polar surface area (TPSA) is 76.5 Å². The van der Waals surface area contributed by atoms with Crippen molar-refractivity contribution in [3.63, 3.8) is 0 Å². The third kappa shape index (κ3) is 3.94. The standard InChI is InChI=1S/C16H20N4O3/c21-15-11-18-20(14-4-2-1-3-13(14)15)12-16(22)17-5-6-19-7-9-23-10-8-19/h1-4,11H,5-10,12H2,(H,17,22). The first-order chi connectivity index (χ1) is 11.2. The largest absolute Gasteiger partial charge is 0.379 e. The Labute approximate surface area is 133 Å². The molecule has 7 heteroatoms. The second kappa shape index (κ2) is 7.34. The highest BCUT2D eigenvalue weighted by Crippen LogP contribution is 2.07. The summed E-state index contributed by atoms with van der Waals surface area (Å²) >= 11 is 0. The van der Waals surface area contributed by atoms with Crippen LogP contribution in [-0.4, -0.2) is 60.0 Å². The van der Waals surface area contributed by atoms with Crippen molar-refractivity contribution in [3.05, 3.63) is 40.7 Å². The number of amides is 1. The molecule has 1 aromatic heterocycles. The Morgan fingerprint density at radius 3 is 2.87 bits per heavy atom. The number of rotatable bonds is 5. The van der Waals surface area contributed by atoms with Gasteiger partial charge in [0, 0.05) is 31.6 Å². The number of para-hydroxylation sites is 1. The Morgan fingerprint density at radius 1 is 1.26 bits per heavy atom. The average molecular weight is 316 g/mol. The van der Waals surface area contributed by atoms with E-state index in [0.717, 1.165) is 32.8 Å². The van der Waals surface area contributed by atoms with Crippen molar-refractivity contribution in [1.82, 2.24) is 20.0 Å². The van der Waals surface area contributed by atoms with Gasteiger partial charge in [-0.3, -0.25) is 19.2 Å². The predicted molar refractivity (Wildman–Crippen MR) is 86.3 cm³/mol. The van der Waals surface area contributed by atoms with Crippen LogP contribution in [0.5, 0.6) is 0 Å². The molecule has 0 aliphatic carbocycles. The number of hydrogen-bond donors (Lipinski definition) is 1. The fraction of sp³-hybridized carbons (Fsp3) is 0.438. The minimum absolute atomic E-state index is 0.101. The second-order valence-corrected chi connectivity index (χ2v) is 5.49. The maximum absolute atomic E-state index is 12.1. The molecular formula is C16H20N4O3.